The van der Waals surface area contributed by atoms with Gasteiger partial charge in [-0.25, -0.2) is 0 Å². The molecule has 2 rings (SSSR count). The summed E-state index contributed by atoms with van der Waals surface area (Å²) in [5.41, 5.74) is 6.89. The summed E-state index contributed by atoms with van der Waals surface area (Å²) in [5.74, 6) is 0.0324. The molecule has 0 fully saturated rings. The first kappa shape index (κ1) is 13.9. The first-order valence-corrected chi connectivity index (χ1v) is 6.60. The molecule has 1 heterocycles. The molecule has 0 saturated carbocycles. The lowest BCUT2D eigenvalue weighted by atomic mass is 10.1. The number of oxime groups is 1. The summed E-state index contributed by atoms with van der Waals surface area (Å²) in [6.07, 6.45) is 0. The van der Waals surface area contributed by atoms with Gasteiger partial charge in [-0.3, -0.25) is 4.79 Å². The zero-order chi connectivity index (χ0) is 14.5. The highest BCUT2D eigenvalue weighted by atomic mass is 32.1. The van der Waals surface area contributed by atoms with Crippen molar-refractivity contribution < 1.29 is 14.7 Å². The van der Waals surface area contributed by atoms with E-state index in [1.807, 2.05) is 5.38 Å². The Bertz CT molecular complexity index is 638. The Kier molecular flexibility index (Phi) is 4.21. The van der Waals surface area contributed by atoms with E-state index in [2.05, 4.69) is 10.5 Å². The minimum Gasteiger partial charge on any atom is -0.495 e. The van der Waals surface area contributed by atoms with Crippen LogP contribution in [0.3, 0.4) is 0 Å². The molecule has 1 aromatic heterocycles. The van der Waals surface area contributed by atoms with E-state index in [1.165, 1.54) is 18.4 Å². The Morgan fingerprint density at radius 1 is 1.45 bits per heavy atom. The number of nitrogens with one attached hydrogen (secondary N) is 1. The maximum atomic E-state index is 12.1. The van der Waals surface area contributed by atoms with Crippen molar-refractivity contribution in [3.05, 3.63) is 46.2 Å². The fraction of sp³-hybridized carbons (Fsp3) is 0.0769. The standard InChI is InChI=1S/C13H13N3O3S/c1-19-10-4-2-3-9(12(14)16-18)11(10)15-13(17)8-5-6-20-7-8/h2-7,18H,1H3,(H2,14,16)(H,15,17). The van der Waals surface area contributed by atoms with Crippen LogP contribution in [0, 0.1) is 0 Å². The number of ether oxygens (including phenoxy) is 1. The van der Waals surface area contributed by atoms with Gasteiger partial charge >= 0.3 is 0 Å². The molecule has 0 radical (unpaired) electrons. The van der Waals surface area contributed by atoms with Crippen molar-refractivity contribution in [3.8, 4) is 5.75 Å². The number of nitrogens with two attached hydrogens (primary N) is 1. The van der Waals surface area contributed by atoms with Crippen LogP contribution in [0.4, 0.5) is 5.69 Å². The van der Waals surface area contributed by atoms with Crippen molar-refractivity contribution in [2.45, 2.75) is 0 Å². The molecule has 0 aliphatic rings. The fourth-order valence-corrected chi connectivity index (χ4v) is 2.31. The maximum Gasteiger partial charge on any atom is 0.256 e. The number of carbonyl (C=O) groups excluding carboxylic acids is 1. The molecule has 0 aliphatic heterocycles. The van der Waals surface area contributed by atoms with Crippen molar-refractivity contribution in [2.24, 2.45) is 10.9 Å². The van der Waals surface area contributed by atoms with Crippen LogP contribution < -0.4 is 15.8 Å². The van der Waals surface area contributed by atoms with E-state index in [0.717, 1.165) is 0 Å². The summed E-state index contributed by atoms with van der Waals surface area (Å²) in [4.78, 5) is 12.1. The average molecular weight is 291 g/mol. The van der Waals surface area contributed by atoms with E-state index in [-0.39, 0.29) is 11.7 Å². The van der Waals surface area contributed by atoms with Crippen LogP contribution in [0.15, 0.2) is 40.2 Å². The lowest BCUT2D eigenvalue weighted by Gasteiger charge is -2.13. The second kappa shape index (κ2) is 6.07. The highest BCUT2D eigenvalue weighted by Gasteiger charge is 2.16. The SMILES string of the molecule is COc1cccc(/C(N)=N/O)c1NC(=O)c1ccsc1. The zero-order valence-electron chi connectivity index (χ0n) is 10.7. The predicted molar refractivity (Wildman–Crippen MR) is 77.8 cm³/mol. The summed E-state index contributed by atoms with van der Waals surface area (Å²) in [5, 5.41) is 18.0. The Morgan fingerprint density at radius 2 is 2.25 bits per heavy atom. The lowest BCUT2D eigenvalue weighted by molar-refractivity contribution is 0.102. The topological polar surface area (TPSA) is 96.9 Å². The number of benzene rings is 1. The van der Waals surface area contributed by atoms with Crippen molar-refractivity contribution in [3.63, 3.8) is 0 Å². The van der Waals surface area contributed by atoms with E-state index in [1.54, 1.807) is 29.6 Å². The summed E-state index contributed by atoms with van der Waals surface area (Å²) in [6, 6.07) is 6.70. The van der Waals surface area contributed by atoms with Crippen LogP contribution in [0.1, 0.15) is 15.9 Å². The number of nitrogens with zero attached hydrogens (tertiary/aromatic N) is 1. The predicted octanol–water partition coefficient (Wildman–Crippen LogP) is 2.10. The van der Waals surface area contributed by atoms with Crippen molar-refractivity contribution in [1.29, 1.82) is 0 Å². The number of amides is 1. The molecular formula is C13H13N3O3S. The Balaban J connectivity index is 2.41. The van der Waals surface area contributed by atoms with Gasteiger partial charge in [0.05, 0.1) is 18.4 Å². The van der Waals surface area contributed by atoms with Gasteiger partial charge < -0.3 is 21.0 Å². The van der Waals surface area contributed by atoms with Crippen molar-refractivity contribution in [1.82, 2.24) is 0 Å². The van der Waals surface area contributed by atoms with Gasteiger partial charge in [0.25, 0.3) is 5.91 Å². The molecule has 0 spiro atoms. The number of anilines is 1. The van der Waals surface area contributed by atoms with E-state index < -0.39 is 0 Å². The number of rotatable bonds is 4. The van der Waals surface area contributed by atoms with Gasteiger partial charge in [0, 0.05) is 10.9 Å². The number of hydrogen-bond donors (Lipinski definition) is 3. The normalized spacial score (nSPS) is 11.2. The van der Waals surface area contributed by atoms with E-state index >= 15 is 0 Å². The molecule has 0 saturated heterocycles. The van der Waals surface area contributed by atoms with Gasteiger partial charge in [0.15, 0.2) is 5.84 Å². The minimum atomic E-state index is -0.289. The van der Waals surface area contributed by atoms with E-state index in [9.17, 15) is 4.79 Å². The Labute approximate surface area is 119 Å². The van der Waals surface area contributed by atoms with Crippen LogP contribution in [-0.4, -0.2) is 24.1 Å². The van der Waals surface area contributed by atoms with Gasteiger partial charge in [-0.1, -0.05) is 11.2 Å². The molecule has 1 aromatic carbocycles. The first-order valence-electron chi connectivity index (χ1n) is 5.65. The third kappa shape index (κ3) is 2.72. The van der Waals surface area contributed by atoms with Crippen LogP contribution >= 0.6 is 11.3 Å². The largest absolute Gasteiger partial charge is 0.495 e. The number of para-hydroxylation sites is 1. The minimum absolute atomic E-state index is 0.107. The number of thiophene rings is 1. The molecule has 0 aliphatic carbocycles. The molecular weight excluding hydrogens is 278 g/mol. The molecule has 0 atom stereocenters. The summed E-state index contributed by atoms with van der Waals surface area (Å²) >= 11 is 1.42. The lowest BCUT2D eigenvalue weighted by Crippen LogP contribution is -2.19. The zero-order valence-corrected chi connectivity index (χ0v) is 11.5. The van der Waals surface area contributed by atoms with Gasteiger partial charge in [-0.15, -0.1) is 0 Å². The molecule has 1 amide bonds. The third-order valence-electron chi connectivity index (χ3n) is 2.65. The fourth-order valence-electron chi connectivity index (χ4n) is 1.68. The monoisotopic (exact) mass is 291 g/mol. The van der Waals surface area contributed by atoms with E-state index in [4.69, 9.17) is 15.7 Å². The maximum absolute atomic E-state index is 12.1. The first-order chi connectivity index (χ1) is 9.67. The quantitative estimate of drug-likeness (QED) is 0.348. The van der Waals surface area contributed by atoms with Gasteiger partial charge in [-0.05, 0) is 23.6 Å². The average Bonchev–Trinajstić information content (AvgIpc) is 3.01. The molecule has 2 aromatic rings. The third-order valence-corrected chi connectivity index (χ3v) is 3.33. The Hall–Kier alpha value is -2.54. The highest BCUT2D eigenvalue weighted by molar-refractivity contribution is 7.08. The summed E-state index contributed by atoms with van der Waals surface area (Å²) in [7, 11) is 1.48. The Morgan fingerprint density at radius 3 is 2.85 bits per heavy atom. The summed E-state index contributed by atoms with van der Waals surface area (Å²) in [6.45, 7) is 0. The smallest absolute Gasteiger partial charge is 0.256 e. The number of hydrogen-bond acceptors (Lipinski definition) is 5. The highest BCUT2D eigenvalue weighted by Crippen LogP contribution is 2.29. The molecule has 7 heteroatoms. The van der Waals surface area contributed by atoms with Crippen LogP contribution in [-0.2, 0) is 0 Å². The second-order valence-electron chi connectivity index (χ2n) is 3.83. The van der Waals surface area contributed by atoms with Gasteiger partial charge in [0.1, 0.15) is 5.75 Å². The summed E-state index contributed by atoms with van der Waals surface area (Å²) < 4.78 is 5.19. The molecule has 0 bridgehead atoms. The van der Waals surface area contributed by atoms with Crippen LogP contribution in [0.2, 0.25) is 0 Å². The molecule has 104 valence electrons. The van der Waals surface area contributed by atoms with Crippen molar-refractivity contribution >= 4 is 28.8 Å². The van der Waals surface area contributed by atoms with Gasteiger partial charge in [0.2, 0.25) is 0 Å². The molecule has 20 heavy (non-hydrogen) atoms. The molecule has 4 N–H and O–H groups in total. The molecule has 6 nitrogen and oxygen atoms in total. The van der Waals surface area contributed by atoms with Crippen molar-refractivity contribution in [2.75, 3.05) is 12.4 Å². The number of methoxy groups -OCH3 is 1. The van der Waals surface area contributed by atoms with Crippen LogP contribution in [0.25, 0.3) is 0 Å². The number of amidine groups is 1. The van der Waals surface area contributed by atoms with E-state index in [0.29, 0.717) is 22.6 Å². The molecule has 0 unspecified atom stereocenters. The van der Waals surface area contributed by atoms with Crippen LogP contribution in [0.5, 0.6) is 5.75 Å². The second-order valence-corrected chi connectivity index (χ2v) is 4.61. The van der Waals surface area contributed by atoms with Gasteiger partial charge in [-0.2, -0.15) is 11.3 Å². The number of carbonyl (C=O) groups is 1.